The second-order valence-corrected chi connectivity index (χ2v) is 5.44. The molecule has 2 aromatic rings. The van der Waals surface area contributed by atoms with Crippen LogP contribution in [0.15, 0.2) is 48.5 Å². The highest BCUT2D eigenvalue weighted by atomic mass is 35.5. The maximum atomic E-state index is 11.9. The number of aryl methyl sites for hydroxylation is 1. The lowest BCUT2D eigenvalue weighted by Gasteiger charge is -2.28. The highest BCUT2D eigenvalue weighted by Gasteiger charge is 2.45. The van der Waals surface area contributed by atoms with E-state index in [1.807, 2.05) is 30.3 Å². The third-order valence-corrected chi connectivity index (χ3v) is 4.03. The summed E-state index contributed by atoms with van der Waals surface area (Å²) in [6.07, 6.45) is 1.30. The number of halogens is 1. The first kappa shape index (κ1) is 13.0. The van der Waals surface area contributed by atoms with E-state index in [1.165, 1.54) is 0 Å². The molecule has 0 amide bonds. The number of nitrogens with one attached hydrogen (secondary N) is 1. The number of rotatable bonds is 3. The zero-order valence-electron chi connectivity index (χ0n) is 10.8. The number of hydrogen-bond donors (Lipinski definition) is 2. The van der Waals surface area contributed by atoms with Gasteiger partial charge in [0.25, 0.3) is 0 Å². The quantitative estimate of drug-likeness (QED) is 0.905. The number of hydrogen-bond acceptors (Lipinski definition) is 2. The van der Waals surface area contributed by atoms with E-state index in [4.69, 9.17) is 11.6 Å². The van der Waals surface area contributed by atoms with Crippen LogP contribution in [-0.4, -0.2) is 11.1 Å². The largest absolute Gasteiger partial charge is 0.479 e. The minimum atomic E-state index is -1.07. The Labute approximate surface area is 122 Å². The van der Waals surface area contributed by atoms with Gasteiger partial charge >= 0.3 is 5.97 Å². The molecule has 1 unspecified atom stereocenters. The van der Waals surface area contributed by atoms with Gasteiger partial charge in [-0.15, -0.1) is 0 Å². The zero-order chi connectivity index (χ0) is 14.2. The molecule has 0 saturated carbocycles. The van der Waals surface area contributed by atoms with E-state index in [2.05, 4.69) is 5.32 Å². The van der Waals surface area contributed by atoms with Crippen molar-refractivity contribution in [1.29, 1.82) is 0 Å². The predicted octanol–water partition coefficient (Wildman–Crippen LogP) is 3.68. The van der Waals surface area contributed by atoms with Crippen LogP contribution in [0, 0.1) is 0 Å². The van der Waals surface area contributed by atoms with Crippen molar-refractivity contribution in [2.45, 2.75) is 18.4 Å². The highest BCUT2D eigenvalue weighted by molar-refractivity contribution is 6.30. The summed E-state index contributed by atoms with van der Waals surface area (Å²) in [4.78, 5) is 11.9. The average molecular weight is 288 g/mol. The summed E-state index contributed by atoms with van der Waals surface area (Å²) in [6.45, 7) is 0. The van der Waals surface area contributed by atoms with Crippen LogP contribution in [0.5, 0.6) is 0 Å². The van der Waals surface area contributed by atoms with Crippen molar-refractivity contribution in [3.05, 3.63) is 64.7 Å². The van der Waals surface area contributed by atoms with E-state index in [9.17, 15) is 9.90 Å². The maximum absolute atomic E-state index is 11.9. The van der Waals surface area contributed by atoms with Crippen molar-refractivity contribution in [3.8, 4) is 0 Å². The van der Waals surface area contributed by atoms with E-state index >= 15 is 0 Å². The minimum Gasteiger partial charge on any atom is -0.479 e. The van der Waals surface area contributed by atoms with Crippen LogP contribution in [0.2, 0.25) is 5.02 Å². The van der Waals surface area contributed by atoms with Gasteiger partial charge in [0.2, 0.25) is 0 Å². The Hall–Kier alpha value is -2.00. The van der Waals surface area contributed by atoms with Crippen molar-refractivity contribution in [1.82, 2.24) is 0 Å². The van der Waals surface area contributed by atoms with E-state index in [0.29, 0.717) is 11.4 Å². The van der Waals surface area contributed by atoms with Crippen LogP contribution in [-0.2, 0) is 16.8 Å². The molecule has 0 heterocycles. The molecule has 20 heavy (non-hydrogen) atoms. The Morgan fingerprint density at radius 3 is 2.75 bits per heavy atom. The Kier molecular flexibility index (Phi) is 3.14. The van der Waals surface area contributed by atoms with Crippen LogP contribution in [0.3, 0.4) is 0 Å². The molecule has 1 atom stereocenters. The topological polar surface area (TPSA) is 49.3 Å². The van der Waals surface area contributed by atoms with Gasteiger partial charge in [0, 0.05) is 10.7 Å². The van der Waals surface area contributed by atoms with Crippen LogP contribution >= 0.6 is 11.6 Å². The van der Waals surface area contributed by atoms with E-state index in [0.717, 1.165) is 23.2 Å². The number of carboxylic acid groups (broad SMARTS) is 1. The van der Waals surface area contributed by atoms with Gasteiger partial charge in [-0.3, -0.25) is 0 Å². The Morgan fingerprint density at radius 1 is 1.20 bits per heavy atom. The number of fused-ring (bicyclic) bond motifs is 1. The molecule has 0 aliphatic heterocycles. The fourth-order valence-corrected chi connectivity index (χ4v) is 3.02. The molecule has 0 spiro atoms. The van der Waals surface area contributed by atoms with Crippen molar-refractivity contribution in [2.75, 3.05) is 5.32 Å². The van der Waals surface area contributed by atoms with Gasteiger partial charge in [0.05, 0.1) is 0 Å². The van der Waals surface area contributed by atoms with Crippen LogP contribution in [0.25, 0.3) is 0 Å². The first-order valence-electron chi connectivity index (χ1n) is 6.47. The number of anilines is 1. The van der Waals surface area contributed by atoms with E-state index < -0.39 is 11.5 Å². The SMILES string of the molecule is O=C(O)C1(Nc2cccc(Cl)c2)CCc2ccccc21. The standard InChI is InChI=1S/C16H14ClNO2/c17-12-5-3-6-13(10-12)18-16(15(19)20)9-8-11-4-1-2-7-14(11)16/h1-7,10,18H,8-9H2,(H,19,20). The lowest BCUT2D eigenvalue weighted by atomic mass is 9.91. The summed E-state index contributed by atoms with van der Waals surface area (Å²) in [5, 5.41) is 13.5. The summed E-state index contributed by atoms with van der Waals surface area (Å²) < 4.78 is 0. The molecular formula is C16H14ClNO2. The van der Waals surface area contributed by atoms with Gasteiger partial charge in [0.1, 0.15) is 0 Å². The Morgan fingerprint density at radius 2 is 2.00 bits per heavy atom. The lowest BCUT2D eigenvalue weighted by molar-refractivity contribution is -0.142. The van der Waals surface area contributed by atoms with Gasteiger partial charge in [-0.2, -0.15) is 0 Å². The molecule has 3 rings (SSSR count). The molecule has 0 bridgehead atoms. The van der Waals surface area contributed by atoms with Crippen LogP contribution in [0.4, 0.5) is 5.69 Å². The second-order valence-electron chi connectivity index (χ2n) is 5.00. The molecule has 2 N–H and O–H groups in total. The summed E-state index contributed by atoms with van der Waals surface area (Å²) in [5.41, 5.74) is 1.58. The fraction of sp³-hybridized carbons (Fsp3) is 0.188. The number of aliphatic carboxylic acids is 1. The first-order valence-corrected chi connectivity index (χ1v) is 6.85. The molecule has 0 fully saturated rings. The van der Waals surface area contributed by atoms with Gasteiger partial charge < -0.3 is 10.4 Å². The molecule has 2 aromatic carbocycles. The summed E-state index contributed by atoms with van der Waals surface area (Å²) in [5.74, 6) is -0.859. The molecule has 102 valence electrons. The molecule has 0 aromatic heterocycles. The van der Waals surface area contributed by atoms with E-state index in [-0.39, 0.29) is 0 Å². The molecular weight excluding hydrogens is 274 g/mol. The van der Waals surface area contributed by atoms with Gasteiger partial charge in [-0.25, -0.2) is 4.79 Å². The number of carboxylic acids is 1. The fourth-order valence-electron chi connectivity index (χ4n) is 2.83. The number of benzene rings is 2. The Balaban J connectivity index is 2.05. The molecule has 3 nitrogen and oxygen atoms in total. The molecule has 0 radical (unpaired) electrons. The Bertz CT molecular complexity index is 671. The maximum Gasteiger partial charge on any atom is 0.334 e. The van der Waals surface area contributed by atoms with Crippen molar-refractivity contribution in [2.24, 2.45) is 0 Å². The molecule has 1 aliphatic carbocycles. The monoisotopic (exact) mass is 287 g/mol. The van der Waals surface area contributed by atoms with Crippen molar-refractivity contribution in [3.63, 3.8) is 0 Å². The van der Waals surface area contributed by atoms with Gasteiger partial charge in [-0.1, -0.05) is 41.9 Å². The first-order chi connectivity index (χ1) is 9.62. The predicted molar refractivity (Wildman–Crippen MR) is 79.2 cm³/mol. The summed E-state index contributed by atoms with van der Waals surface area (Å²) >= 11 is 5.97. The van der Waals surface area contributed by atoms with Gasteiger partial charge in [-0.05, 0) is 42.2 Å². The molecule has 1 aliphatic rings. The van der Waals surface area contributed by atoms with Crippen LogP contribution < -0.4 is 5.32 Å². The summed E-state index contributed by atoms with van der Waals surface area (Å²) in [6, 6.07) is 14.8. The zero-order valence-corrected chi connectivity index (χ0v) is 11.5. The molecule has 4 heteroatoms. The second kappa shape index (κ2) is 4.84. The average Bonchev–Trinajstić information content (AvgIpc) is 2.79. The third-order valence-electron chi connectivity index (χ3n) is 3.79. The van der Waals surface area contributed by atoms with Crippen molar-refractivity contribution >= 4 is 23.3 Å². The normalized spacial score (nSPS) is 20.4. The van der Waals surface area contributed by atoms with Crippen LogP contribution in [0.1, 0.15) is 17.5 Å². The lowest BCUT2D eigenvalue weighted by Crippen LogP contribution is -2.41. The smallest absolute Gasteiger partial charge is 0.334 e. The minimum absolute atomic E-state index is 0.536. The number of carbonyl (C=O) groups is 1. The molecule has 0 saturated heterocycles. The van der Waals surface area contributed by atoms with Crippen molar-refractivity contribution < 1.29 is 9.90 Å². The van der Waals surface area contributed by atoms with Gasteiger partial charge in [0.15, 0.2) is 5.54 Å². The highest BCUT2D eigenvalue weighted by Crippen LogP contribution is 2.40. The third kappa shape index (κ3) is 2.04. The van der Waals surface area contributed by atoms with E-state index in [1.54, 1.807) is 18.2 Å². The summed E-state index contributed by atoms with van der Waals surface area (Å²) in [7, 11) is 0.